The first-order valence-corrected chi connectivity index (χ1v) is 8.90. The lowest BCUT2D eigenvalue weighted by Crippen LogP contribution is -2.40. The summed E-state index contributed by atoms with van der Waals surface area (Å²) in [6, 6.07) is 8.89. The Kier molecular flexibility index (Phi) is 5.10. The molecule has 1 N–H and O–H groups in total. The lowest BCUT2D eigenvalue weighted by Gasteiger charge is -2.23. The van der Waals surface area contributed by atoms with E-state index in [4.69, 9.17) is 9.47 Å². The van der Waals surface area contributed by atoms with Crippen LogP contribution in [0.2, 0.25) is 0 Å². The molecule has 1 aliphatic heterocycles. The molecule has 8 heteroatoms. The standard InChI is InChI=1S/C19H18BrFN2O4/c1-19(12-5-7-15(26-2)16(8-12)27-3)17(24)23(18(25)22-19)10-11-4-6-13(20)9-14(11)21/h4-9H,10H2,1-3H3,(H,22,25)/t19-/m1/s1. The number of hydrogen-bond acceptors (Lipinski definition) is 4. The maximum absolute atomic E-state index is 14.1. The van der Waals surface area contributed by atoms with E-state index < -0.39 is 23.3 Å². The molecule has 27 heavy (non-hydrogen) atoms. The summed E-state index contributed by atoms with van der Waals surface area (Å²) >= 11 is 3.18. The molecular formula is C19H18BrFN2O4. The molecule has 0 aliphatic carbocycles. The van der Waals surface area contributed by atoms with Crippen LogP contribution in [0, 0.1) is 5.82 Å². The fraction of sp³-hybridized carbons (Fsp3) is 0.263. The van der Waals surface area contributed by atoms with Crippen LogP contribution in [-0.4, -0.2) is 31.1 Å². The van der Waals surface area contributed by atoms with Crippen molar-refractivity contribution in [3.05, 3.63) is 57.8 Å². The van der Waals surface area contributed by atoms with E-state index in [1.54, 1.807) is 31.2 Å². The third-order valence-corrected chi connectivity index (χ3v) is 5.07. The van der Waals surface area contributed by atoms with Crippen molar-refractivity contribution in [1.82, 2.24) is 10.2 Å². The van der Waals surface area contributed by atoms with Gasteiger partial charge in [-0.25, -0.2) is 9.18 Å². The van der Waals surface area contributed by atoms with Crippen molar-refractivity contribution in [2.45, 2.75) is 19.0 Å². The molecule has 1 heterocycles. The quantitative estimate of drug-likeness (QED) is 0.727. The number of imide groups is 1. The predicted molar refractivity (Wildman–Crippen MR) is 100 cm³/mol. The third-order valence-electron chi connectivity index (χ3n) is 4.58. The number of nitrogens with one attached hydrogen (secondary N) is 1. The summed E-state index contributed by atoms with van der Waals surface area (Å²) < 4.78 is 25.2. The largest absolute Gasteiger partial charge is 0.493 e. The molecule has 142 valence electrons. The molecule has 0 bridgehead atoms. The Labute approximate surface area is 164 Å². The summed E-state index contributed by atoms with van der Waals surface area (Å²) in [5.74, 6) is -0.0159. The smallest absolute Gasteiger partial charge is 0.325 e. The highest BCUT2D eigenvalue weighted by molar-refractivity contribution is 9.10. The highest BCUT2D eigenvalue weighted by Crippen LogP contribution is 2.36. The second-order valence-electron chi connectivity index (χ2n) is 6.25. The first kappa shape index (κ1) is 19.2. The SMILES string of the molecule is COc1ccc([C@@]2(C)NC(=O)N(Cc3ccc(Br)cc3F)C2=O)cc1OC. The Hall–Kier alpha value is -2.61. The number of rotatable bonds is 5. The molecule has 0 saturated carbocycles. The number of nitrogens with zero attached hydrogens (tertiary/aromatic N) is 1. The average molecular weight is 437 g/mol. The maximum atomic E-state index is 14.1. The van der Waals surface area contributed by atoms with Crippen molar-refractivity contribution in [3.8, 4) is 11.5 Å². The van der Waals surface area contributed by atoms with Crippen LogP contribution in [0.1, 0.15) is 18.1 Å². The fourth-order valence-corrected chi connectivity index (χ4v) is 3.34. The topological polar surface area (TPSA) is 67.9 Å². The minimum atomic E-state index is -1.29. The van der Waals surface area contributed by atoms with Gasteiger partial charge in [0.25, 0.3) is 5.91 Å². The lowest BCUT2D eigenvalue weighted by atomic mass is 9.91. The summed E-state index contributed by atoms with van der Waals surface area (Å²) in [7, 11) is 3.00. The van der Waals surface area contributed by atoms with Crippen LogP contribution in [0.5, 0.6) is 11.5 Å². The van der Waals surface area contributed by atoms with Crippen molar-refractivity contribution in [1.29, 1.82) is 0 Å². The number of ether oxygens (including phenoxy) is 2. The number of methoxy groups -OCH3 is 2. The van der Waals surface area contributed by atoms with Crippen LogP contribution >= 0.6 is 15.9 Å². The zero-order chi connectivity index (χ0) is 19.8. The molecular weight excluding hydrogens is 419 g/mol. The summed E-state index contributed by atoms with van der Waals surface area (Å²) in [4.78, 5) is 26.5. The van der Waals surface area contributed by atoms with Crippen LogP contribution in [0.15, 0.2) is 40.9 Å². The van der Waals surface area contributed by atoms with Crippen molar-refractivity contribution in [2.24, 2.45) is 0 Å². The first-order chi connectivity index (χ1) is 12.8. The van der Waals surface area contributed by atoms with E-state index in [9.17, 15) is 14.0 Å². The van der Waals surface area contributed by atoms with E-state index in [0.717, 1.165) is 4.90 Å². The zero-order valence-electron chi connectivity index (χ0n) is 15.0. The van der Waals surface area contributed by atoms with E-state index in [2.05, 4.69) is 21.2 Å². The molecule has 1 atom stereocenters. The van der Waals surface area contributed by atoms with Gasteiger partial charge in [-0.05, 0) is 36.8 Å². The van der Waals surface area contributed by atoms with Gasteiger partial charge >= 0.3 is 6.03 Å². The monoisotopic (exact) mass is 436 g/mol. The molecule has 1 fully saturated rings. The first-order valence-electron chi connectivity index (χ1n) is 8.10. The van der Waals surface area contributed by atoms with Crippen molar-refractivity contribution in [2.75, 3.05) is 14.2 Å². The number of urea groups is 1. The molecule has 2 aromatic rings. The summed E-state index contributed by atoms with van der Waals surface area (Å²) in [6.45, 7) is 1.44. The van der Waals surface area contributed by atoms with E-state index in [-0.39, 0.29) is 12.1 Å². The maximum Gasteiger partial charge on any atom is 0.325 e. The Morgan fingerprint density at radius 1 is 1.11 bits per heavy atom. The predicted octanol–water partition coefficient (Wildman–Crippen LogP) is 3.57. The van der Waals surface area contributed by atoms with Crippen LogP contribution in [-0.2, 0) is 16.9 Å². The lowest BCUT2D eigenvalue weighted by molar-refractivity contribution is -0.131. The number of carbonyl (C=O) groups is 2. The summed E-state index contributed by atoms with van der Waals surface area (Å²) in [6.07, 6.45) is 0. The minimum Gasteiger partial charge on any atom is -0.493 e. The molecule has 0 spiro atoms. The van der Waals surface area contributed by atoms with Gasteiger partial charge in [0, 0.05) is 10.0 Å². The van der Waals surface area contributed by atoms with E-state index in [1.165, 1.54) is 26.4 Å². The van der Waals surface area contributed by atoms with Gasteiger partial charge in [0.15, 0.2) is 11.5 Å². The number of amides is 3. The van der Waals surface area contributed by atoms with Gasteiger partial charge in [-0.3, -0.25) is 9.69 Å². The normalized spacial score (nSPS) is 19.2. The van der Waals surface area contributed by atoms with Gasteiger partial charge < -0.3 is 14.8 Å². The number of carbonyl (C=O) groups excluding carboxylic acids is 2. The highest BCUT2D eigenvalue weighted by Gasteiger charge is 2.49. The van der Waals surface area contributed by atoms with E-state index >= 15 is 0 Å². The van der Waals surface area contributed by atoms with Gasteiger partial charge in [-0.15, -0.1) is 0 Å². The average Bonchev–Trinajstić information content (AvgIpc) is 2.87. The van der Waals surface area contributed by atoms with Gasteiger partial charge in [0.2, 0.25) is 0 Å². The molecule has 0 unspecified atom stereocenters. The van der Waals surface area contributed by atoms with Gasteiger partial charge in [0.1, 0.15) is 11.4 Å². The van der Waals surface area contributed by atoms with Crippen molar-refractivity contribution in [3.63, 3.8) is 0 Å². The van der Waals surface area contributed by atoms with Crippen LogP contribution < -0.4 is 14.8 Å². The zero-order valence-corrected chi connectivity index (χ0v) is 16.6. The number of benzene rings is 2. The number of hydrogen-bond donors (Lipinski definition) is 1. The number of halogens is 2. The van der Waals surface area contributed by atoms with Crippen LogP contribution in [0.4, 0.5) is 9.18 Å². The Morgan fingerprint density at radius 2 is 1.81 bits per heavy atom. The molecule has 3 rings (SSSR count). The third kappa shape index (κ3) is 3.37. The fourth-order valence-electron chi connectivity index (χ4n) is 3.00. The summed E-state index contributed by atoms with van der Waals surface area (Å²) in [5.41, 5.74) is -0.502. The molecule has 1 aliphatic rings. The molecule has 0 aromatic heterocycles. The molecule has 0 radical (unpaired) electrons. The summed E-state index contributed by atoms with van der Waals surface area (Å²) in [5, 5.41) is 2.70. The van der Waals surface area contributed by atoms with Crippen LogP contribution in [0.25, 0.3) is 0 Å². The van der Waals surface area contributed by atoms with Gasteiger partial charge in [-0.1, -0.05) is 28.1 Å². The molecule has 1 saturated heterocycles. The second kappa shape index (κ2) is 7.19. The Morgan fingerprint density at radius 3 is 2.44 bits per heavy atom. The van der Waals surface area contributed by atoms with E-state index in [0.29, 0.717) is 21.5 Å². The van der Waals surface area contributed by atoms with Gasteiger partial charge in [-0.2, -0.15) is 0 Å². The van der Waals surface area contributed by atoms with Gasteiger partial charge in [0.05, 0.1) is 20.8 Å². The second-order valence-corrected chi connectivity index (χ2v) is 7.17. The minimum absolute atomic E-state index is 0.160. The highest BCUT2D eigenvalue weighted by atomic mass is 79.9. The Bertz CT molecular complexity index is 921. The van der Waals surface area contributed by atoms with E-state index in [1.807, 2.05) is 0 Å². The van der Waals surface area contributed by atoms with Crippen LogP contribution in [0.3, 0.4) is 0 Å². The molecule has 3 amide bonds. The molecule has 2 aromatic carbocycles. The van der Waals surface area contributed by atoms with Crippen molar-refractivity contribution >= 4 is 27.9 Å². The molecule has 6 nitrogen and oxygen atoms in total. The Balaban J connectivity index is 1.92. The van der Waals surface area contributed by atoms with Crippen molar-refractivity contribution < 1.29 is 23.5 Å².